The van der Waals surface area contributed by atoms with Crippen molar-refractivity contribution in [3.8, 4) is 5.75 Å². The van der Waals surface area contributed by atoms with Crippen molar-refractivity contribution in [3.63, 3.8) is 0 Å². The number of benzene rings is 2. The summed E-state index contributed by atoms with van der Waals surface area (Å²) in [7, 11) is 0. The zero-order valence-electron chi connectivity index (χ0n) is 24.1. The van der Waals surface area contributed by atoms with E-state index in [1.807, 2.05) is 45.9 Å². The van der Waals surface area contributed by atoms with E-state index in [9.17, 15) is 19.5 Å². The Kier molecular flexibility index (Phi) is 10.3. The van der Waals surface area contributed by atoms with Crippen molar-refractivity contribution in [1.29, 1.82) is 0 Å². The number of carbonyl (C=O) groups is 3. The zero-order valence-corrected chi connectivity index (χ0v) is 24.1. The van der Waals surface area contributed by atoms with Crippen LogP contribution in [0.2, 0.25) is 0 Å². The second-order valence-corrected chi connectivity index (χ2v) is 11.4. The molecule has 208 valence electrons. The van der Waals surface area contributed by atoms with E-state index in [0.29, 0.717) is 17.7 Å². The summed E-state index contributed by atoms with van der Waals surface area (Å²) in [5, 5.41) is 16.5. The smallest absolute Gasteiger partial charge is 0.408 e. The largest absolute Gasteiger partial charge is 0.508 e. The predicted octanol–water partition coefficient (Wildman–Crippen LogP) is 5.87. The minimum absolute atomic E-state index is 0.0694. The summed E-state index contributed by atoms with van der Waals surface area (Å²) in [6.07, 6.45) is -0.368. The van der Waals surface area contributed by atoms with Crippen molar-refractivity contribution in [2.75, 3.05) is 5.32 Å². The summed E-state index contributed by atoms with van der Waals surface area (Å²) in [5.74, 6) is -0.941. The number of nitrogens with zero attached hydrogens (tertiary/aromatic N) is 1. The summed E-state index contributed by atoms with van der Waals surface area (Å²) in [6, 6.07) is 9.65. The molecule has 0 radical (unpaired) electrons. The number of hydrogen-bond acceptors (Lipinski definition) is 5. The Morgan fingerprint density at radius 3 is 2.03 bits per heavy atom. The van der Waals surface area contributed by atoms with Crippen molar-refractivity contribution in [1.82, 2.24) is 10.2 Å². The number of para-hydroxylation sites is 2. The molecule has 0 saturated heterocycles. The van der Waals surface area contributed by atoms with Crippen LogP contribution in [0.25, 0.3) is 0 Å². The number of alkyl carbamates (subject to hydrolysis) is 1. The lowest BCUT2D eigenvalue weighted by atomic mass is 9.97. The molecule has 38 heavy (non-hydrogen) atoms. The van der Waals surface area contributed by atoms with E-state index >= 15 is 0 Å². The Bertz CT molecular complexity index is 1120. The third kappa shape index (κ3) is 8.23. The second-order valence-electron chi connectivity index (χ2n) is 11.4. The van der Waals surface area contributed by atoms with Gasteiger partial charge in [0.25, 0.3) is 5.91 Å². The van der Waals surface area contributed by atoms with Gasteiger partial charge in [-0.05, 0) is 78.0 Å². The molecule has 0 aliphatic rings. The average Bonchev–Trinajstić information content (AvgIpc) is 2.77. The fraction of sp³-hybridized carbons (Fsp3) is 0.500. The molecule has 8 heteroatoms. The van der Waals surface area contributed by atoms with Crippen LogP contribution < -0.4 is 10.6 Å². The molecule has 0 spiro atoms. The number of phenolic OH excluding ortho intramolecular Hbond substituents is 1. The molecule has 0 heterocycles. The first-order chi connectivity index (χ1) is 17.6. The highest BCUT2D eigenvalue weighted by molar-refractivity contribution is 6.00. The van der Waals surface area contributed by atoms with Crippen molar-refractivity contribution in [2.24, 2.45) is 5.92 Å². The molecule has 0 bridgehead atoms. The highest BCUT2D eigenvalue weighted by Gasteiger charge is 2.39. The molecule has 2 unspecified atom stereocenters. The molecular weight excluding hydrogens is 482 g/mol. The number of anilines is 1. The van der Waals surface area contributed by atoms with Gasteiger partial charge in [0.15, 0.2) is 0 Å². The van der Waals surface area contributed by atoms with E-state index in [0.717, 1.165) is 11.1 Å². The summed E-state index contributed by atoms with van der Waals surface area (Å²) < 4.78 is 5.42. The predicted molar refractivity (Wildman–Crippen MR) is 150 cm³/mol. The van der Waals surface area contributed by atoms with Crippen molar-refractivity contribution < 1.29 is 24.2 Å². The first-order valence-electron chi connectivity index (χ1n) is 13.1. The van der Waals surface area contributed by atoms with Gasteiger partial charge in [-0.3, -0.25) is 9.59 Å². The molecule has 2 rings (SSSR count). The molecule has 3 amide bonds. The van der Waals surface area contributed by atoms with Crippen LogP contribution in [0.15, 0.2) is 42.5 Å². The quantitative estimate of drug-likeness (QED) is 0.380. The Balaban J connectivity index is 2.57. The van der Waals surface area contributed by atoms with Gasteiger partial charge in [0.1, 0.15) is 23.4 Å². The average molecular weight is 526 g/mol. The summed E-state index contributed by atoms with van der Waals surface area (Å²) in [5.41, 5.74) is 1.96. The normalized spacial score (nSPS) is 13.1. The van der Waals surface area contributed by atoms with Crippen LogP contribution >= 0.6 is 0 Å². The molecule has 8 nitrogen and oxygen atoms in total. The Hall–Kier alpha value is -3.55. The third-order valence-corrected chi connectivity index (χ3v) is 5.99. The number of nitrogens with one attached hydrogen (secondary N) is 2. The Morgan fingerprint density at radius 1 is 0.947 bits per heavy atom. The van der Waals surface area contributed by atoms with Crippen molar-refractivity contribution in [2.45, 2.75) is 92.5 Å². The SMILES string of the molecule is Cc1cccc(C)c1NC(=O)C(c1ccccc1O)N(C(=O)C(CC(C)C)NC(=O)OC(C)(C)C)C(C)C. The topological polar surface area (TPSA) is 108 Å². The van der Waals surface area contributed by atoms with Gasteiger partial charge in [0.2, 0.25) is 5.91 Å². The number of aryl methyl sites for hydroxylation is 2. The Morgan fingerprint density at radius 2 is 1.53 bits per heavy atom. The van der Waals surface area contributed by atoms with Gasteiger partial charge in [-0.25, -0.2) is 4.79 Å². The molecular formula is C30H43N3O5. The van der Waals surface area contributed by atoms with E-state index in [1.54, 1.807) is 52.8 Å². The lowest BCUT2D eigenvalue weighted by Gasteiger charge is -2.37. The van der Waals surface area contributed by atoms with E-state index in [1.165, 1.54) is 11.0 Å². The molecule has 0 saturated carbocycles. The maximum Gasteiger partial charge on any atom is 0.408 e. The zero-order chi connectivity index (χ0) is 28.8. The van der Waals surface area contributed by atoms with Crippen molar-refractivity contribution in [3.05, 3.63) is 59.2 Å². The van der Waals surface area contributed by atoms with Crippen LogP contribution in [0.5, 0.6) is 5.75 Å². The highest BCUT2D eigenvalue weighted by atomic mass is 16.6. The molecule has 0 aliphatic heterocycles. The monoisotopic (exact) mass is 525 g/mol. The number of rotatable bonds is 9. The number of aromatic hydroxyl groups is 1. The fourth-order valence-corrected chi connectivity index (χ4v) is 4.34. The minimum Gasteiger partial charge on any atom is -0.508 e. The summed E-state index contributed by atoms with van der Waals surface area (Å²) in [4.78, 5) is 42.2. The molecule has 2 atom stereocenters. The van der Waals surface area contributed by atoms with Gasteiger partial charge in [0, 0.05) is 17.3 Å². The van der Waals surface area contributed by atoms with E-state index in [2.05, 4.69) is 10.6 Å². The van der Waals surface area contributed by atoms with Crippen LogP contribution in [0.3, 0.4) is 0 Å². The maximum absolute atomic E-state index is 14.1. The van der Waals surface area contributed by atoms with Crippen LogP contribution in [0.4, 0.5) is 10.5 Å². The third-order valence-electron chi connectivity index (χ3n) is 5.99. The maximum atomic E-state index is 14.1. The fourth-order valence-electron chi connectivity index (χ4n) is 4.34. The number of phenols is 1. The molecule has 3 N–H and O–H groups in total. The molecule has 2 aromatic rings. The van der Waals surface area contributed by atoms with Gasteiger partial charge < -0.3 is 25.4 Å². The lowest BCUT2D eigenvalue weighted by Crippen LogP contribution is -2.54. The van der Waals surface area contributed by atoms with Gasteiger partial charge in [-0.15, -0.1) is 0 Å². The minimum atomic E-state index is -1.15. The van der Waals surface area contributed by atoms with Crippen LogP contribution in [-0.2, 0) is 14.3 Å². The first-order valence-corrected chi connectivity index (χ1v) is 13.1. The standard InChI is InChI=1S/C30H43N3O5/c1-18(2)17-23(31-29(37)38-30(7,8)9)28(36)33(19(3)4)26(22-15-10-11-16-24(22)34)27(35)32-25-20(5)13-12-14-21(25)6/h10-16,18-19,23,26,34H,17H2,1-9H3,(H,31,37)(H,32,35). The number of amides is 3. The number of ether oxygens (including phenoxy) is 1. The van der Waals surface area contributed by atoms with E-state index in [-0.39, 0.29) is 11.7 Å². The molecule has 0 fully saturated rings. The lowest BCUT2D eigenvalue weighted by molar-refractivity contribution is -0.143. The van der Waals surface area contributed by atoms with Gasteiger partial charge in [-0.2, -0.15) is 0 Å². The van der Waals surface area contributed by atoms with Crippen LogP contribution in [0, 0.1) is 19.8 Å². The van der Waals surface area contributed by atoms with Gasteiger partial charge >= 0.3 is 6.09 Å². The number of carbonyl (C=O) groups excluding carboxylic acids is 3. The van der Waals surface area contributed by atoms with Gasteiger partial charge in [0.05, 0.1) is 0 Å². The molecule has 0 aliphatic carbocycles. The highest BCUT2D eigenvalue weighted by Crippen LogP contribution is 2.33. The molecule has 0 aromatic heterocycles. The summed E-state index contributed by atoms with van der Waals surface area (Å²) >= 11 is 0. The van der Waals surface area contributed by atoms with E-state index in [4.69, 9.17) is 4.74 Å². The Labute approximate surface area is 226 Å². The second kappa shape index (κ2) is 12.8. The van der Waals surface area contributed by atoms with Crippen LogP contribution in [-0.4, -0.2) is 45.6 Å². The number of hydrogen-bond donors (Lipinski definition) is 3. The van der Waals surface area contributed by atoms with Gasteiger partial charge in [-0.1, -0.05) is 50.2 Å². The molecule has 2 aromatic carbocycles. The van der Waals surface area contributed by atoms with E-state index < -0.39 is 41.6 Å². The van der Waals surface area contributed by atoms with Crippen molar-refractivity contribution >= 4 is 23.6 Å². The van der Waals surface area contributed by atoms with Crippen LogP contribution in [0.1, 0.15) is 77.6 Å². The summed E-state index contributed by atoms with van der Waals surface area (Å²) in [6.45, 7) is 16.5. The first kappa shape index (κ1) is 30.7.